The van der Waals surface area contributed by atoms with Gasteiger partial charge in [0.1, 0.15) is 6.54 Å². The van der Waals surface area contributed by atoms with Crippen LogP contribution >= 0.6 is 11.6 Å². The van der Waals surface area contributed by atoms with Crippen LogP contribution in [0.25, 0.3) is 0 Å². The number of fused-ring (bicyclic) bond motifs is 3. The predicted molar refractivity (Wildman–Crippen MR) is 92.0 cm³/mol. The highest BCUT2D eigenvalue weighted by atomic mass is 35.5. The van der Waals surface area contributed by atoms with Gasteiger partial charge in [-0.3, -0.25) is 9.59 Å². The smallest absolute Gasteiger partial charge is 0.255 e. The van der Waals surface area contributed by atoms with Gasteiger partial charge in [0.2, 0.25) is 5.91 Å². The van der Waals surface area contributed by atoms with E-state index in [1.165, 1.54) is 5.56 Å². The molecule has 0 unspecified atom stereocenters. The van der Waals surface area contributed by atoms with E-state index in [0.29, 0.717) is 23.7 Å². The highest BCUT2D eigenvalue weighted by Gasteiger charge is 2.38. The van der Waals surface area contributed by atoms with Crippen molar-refractivity contribution in [1.82, 2.24) is 9.80 Å². The molecule has 0 spiro atoms. The van der Waals surface area contributed by atoms with Crippen LogP contribution in [0.5, 0.6) is 0 Å². The Kier molecular flexibility index (Phi) is 3.77. The molecule has 4 rings (SSSR count). The molecule has 0 aromatic heterocycles. The Balaban J connectivity index is 1.66. The van der Waals surface area contributed by atoms with Gasteiger partial charge in [0.25, 0.3) is 5.91 Å². The van der Waals surface area contributed by atoms with Crippen molar-refractivity contribution in [2.75, 3.05) is 19.6 Å². The molecule has 0 aliphatic carbocycles. The Morgan fingerprint density at radius 2 is 1.83 bits per heavy atom. The lowest BCUT2D eigenvalue weighted by Gasteiger charge is -2.44. The predicted octanol–water partition coefficient (Wildman–Crippen LogP) is 2.92. The van der Waals surface area contributed by atoms with Crippen LogP contribution in [0, 0.1) is 0 Å². The fourth-order valence-electron chi connectivity index (χ4n) is 3.63. The Hall–Kier alpha value is -2.33. The first-order valence-electron chi connectivity index (χ1n) is 8.06. The Morgan fingerprint density at radius 3 is 2.67 bits per heavy atom. The van der Waals surface area contributed by atoms with Crippen molar-refractivity contribution in [3.05, 3.63) is 70.2 Å². The maximum Gasteiger partial charge on any atom is 0.255 e. The summed E-state index contributed by atoms with van der Waals surface area (Å²) in [5.74, 6) is -0.183. The van der Waals surface area contributed by atoms with Crippen LogP contribution in [-0.4, -0.2) is 41.2 Å². The maximum absolute atomic E-state index is 12.8. The van der Waals surface area contributed by atoms with Crippen LogP contribution in [0.1, 0.15) is 27.5 Å². The summed E-state index contributed by atoms with van der Waals surface area (Å²) in [6.45, 7) is 1.34. The van der Waals surface area contributed by atoms with E-state index < -0.39 is 0 Å². The topological polar surface area (TPSA) is 40.6 Å². The van der Waals surface area contributed by atoms with Crippen molar-refractivity contribution >= 4 is 23.4 Å². The van der Waals surface area contributed by atoms with E-state index in [2.05, 4.69) is 12.1 Å². The van der Waals surface area contributed by atoms with E-state index >= 15 is 0 Å². The number of carbonyl (C=O) groups is 2. The SMILES string of the molecule is O=C(c1ccccc1Cl)N1CC(=O)N2CCc3ccccc3[C@@H]2C1. The van der Waals surface area contributed by atoms with Gasteiger partial charge in [0.05, 0.1) is 16.6 Å². The quantitative estimate of drug-likeness (QED) is 0.801. The third kappa shape index (κ3) is 2.47. The lowest BCUT2D eigenvalue weighted by molar-refractivity contribution is -0.139. The summed E-state index contributed by atoms with van der Waals surface area (Å²) >= 11 is 6.15. The summed E-state index contributed by atoms with van der Waals surface area (Å²) in [4.78, 5) is 28.9. The fraction of sp³-hybridized carbons (Fsp3) is 0.263. The number of halogens is 1. The third-order valence-electron chi connectivity index (χ3n) is 4.84. The van der Waals surface area contributed by atoms with Crippen molar-refractivity contribution in [3.8, 4) is 0 Å². The lowest BCUT2D eigenvalue weighted by Crippen LogP contribution is -2.55. The molecule has 122 valence electrons. The Labute approximate surface area is 145 Å². The van der Waals surface area contributed by atoms with Gasteiger partial charge in [0, 0.05) is 13.1 Å². The standard InChI is InChI=1S/C19H17ClN2O2/c20-16-8-4-3-7-15(16)19(24)21-11-17-14-6-2-1-5-13(14)9-10-22(17)18(23)12-21/h1-8,17H,9-12H2/t17-/m0/s1. The minimum Gasteiger partial charge on any atom is -0.332 e. The molecular weight excluding hydrogens is 324 g/mol. The normalized spacial score (nSPS) is 19.7. The molecular formula is C19H17ClN2O2. The van der Waals surface area contributed by atoms with Gasteiger partial charge < -0.3 is 9.80 Å². The molecule has 0 saturated carbocycles. The largest absolute Gasteiger partial charge is 0.332 e. The molecule has 5 heteroatoms. The van der Waals surface area contributed by atoms with Crippen molar-refractivity contribution in [1.29, 1.82) is 0 Å². The second kappa shape index (κ2) is 5.95. The minimum absolute atomic E-state index is 0.00107. The van der Waals surface area contributed by atoms with Crippen LogP contribution < -0.4 is 0 Å². The van der Waals surface area contributed by atoms with Gasteiger partial charge in [-0.2, -0.15) is 0 Å². The first-order chi connectivity index (χ1) is 11.6. The maximum atomic E-state index is 12.8. The number of benzene rings is 2. The van der Waals surface area contributed by atoms with Crippen LogP contribution in [0.2, 0.25) is 5.02 Å². The highest BCUT2D eigenvalue weighted by molar-refractivity contribution is 6.33. The van der Waals surface area contributed by atoms with Gasteiger partial charge >= 0.3 is 0 Å². The van der Waals surface area contributed by atoms with E-state index in [-0.39, 0.29) is 24.4 Å². The zero-order chi connectivity index (χ0) is 16.7. The molecule has 1 atom stereocenters. The van der Waals surface area contributed by atoms with E-state index in [1.54, 1.807) is 29.2 Å². The fourth-order valence-corrected chi connectivity index (χ4v) is 3.85. The summed E-state index contributed by atoms with van der Waals surface area (Å²) in [6, 6.07) is 15.1. The number of hydrogen-bond acceptors (Lipinski definition) is 2. The summed E-state index contributed by atoms with van der Waals surface area (Å²) in [5.41, 5.74) is 2.86. The second-order valence-corrected chi connectivity index (χ2v) is 6.62. The molecule has 2 aromatic rings. The minimum atomic E-state index is -0.184. The number of nitrogens with zero attached hydrogens (tertiary/aromatic N) is 2. The van der Waals surface area contributed by atoms with Crippen LogP contribution in [0.15, 0.2) is 48.5 Å². The second-order valence-electron chi connectivity index (χ2n) is 6.22. The van der Waals surface area contributed by atoms with Crippen LogP contribution in [0.3, 0.4) is 0 Å². The first-order valence-corrected chi connectivity index (χ1v) is 8.44. The molecule has 0 radical (unpaired) electrons. The highest BCUT2D eigenvalue weighted by Crippen LogP contribution is 2.33. The first kappa shape index (κ1) is 15.2. The number of hydrogen-bond donors (Lipinski definition) is 0. The molecule has 1 fully saturated rings. The van der Waals surface area contributed by atoms with Gasteiger partial charge in [-0.05, 0) is 29.7 Å². The molecule has 2 aliphatic heterocycles. The summed E-state index contributed by atoms with van der Waals surface area (Å²) in [6.07, 6.45) is 0.872. The molecule has 0 bridgehead atoms. The number of amides is 2. The molecule has 24 heavy (non-hydrogen) atoms. The molecule has 1 saturated heterocycles. The van der Waals surface area contributed by atoms with Crippen molar-refractivity contribution in [2.45, 2.75) is 12.5 Å². The summed E-state index contributed by atoms with van der Waals surface area (Å²) in [7, 11) is 0. The van der Waals surface area contributed by atoms with Gasteiger partial charge in [-0.25, -0.2) is 0 Å². The number of carbonyl (C=O) groups excluding carboxylic acids is 2. The van der Waals surface area contributed by atoms with Gasteiger partial charge in [-0.15, -0.1) is 0 Å². The van der Waals surface area contributed by atoms with Gasteiger partial charge in [0.15, 0.2) is 0 Å². The van der Waals surface area contributed by atoms with Crippen LogP contribution in [0.4, 0.5) is 0 Å². The lowest BCUT2D eigenvalue weighted by atomic mass is 9.90. The molecule has 2 aromatic carbocycles. The van der Waals surface area contributed by atoms with Crippen LogP contribution in [-0.2, 0) is 11.2 Å². The zero-order valence-corrected chi connectivity index (χ0v) is 13.9. The van der Waals surface area contributed by atoms with Crippen molar-refractivity contribution in [2.24, 2.45) is 0 Å². The van der Waals surface area contributed by atoms with E-state index in [9.17, 15) is 9.59 Å². The molecule has 2 amide bonds. The van der Waals surface area contributed by atoms with Crippen molar-refractivity contribution < 1.29 is 9.59 Å². The summed E-state index contributed by atoms with van der Waals surface area (Å²) in [5, 5.41) is 0.418. The summed E-state index contributed by atoms with van der Waals surface area (Å²) < 4.78 is 0. The molecule has 0 N–H and O–H groups in total. The van der Waals surface area contributed by atoms with Gasteiger partial charge in [-0.1, -0.05) is 48.0 Å². The molecule has 2 aliphatic rings. The average Bonchev–Trinajstić information content (AvgIpc) is 2.61. The van der Waals surface area contributed by atoms with Crippen molar-refractivity contribution in [3.63, 3.8) is 0 Å². The molecule has 4 nitrogen and oxygen atoms in total. The average molecular weight is 341 g/mol. The number of piperazine rings is 1. The van der Waals surface area contributed by atoms with E-state index in [4.69, 9.17) is 11.6 Å². The third-order valence-corrected chi connectivity index (χ3v) is 5.17. The van der Waals surface area contributed by atoms with E-state index in [0.717, 1.165) is 12.0 Å². The Bertz CT molecular complexity index is 821. The Morgan fingerprint density at radius 1 is 1.08 bits per heavy atom. The number of rotatable bonds is 1. The zero-order valence-electron chi connectivity index (χ0n) is 13.1. The van der Waals surface area contributed by atoms with E-state index in [1.807, 2.05) is 17.0 Å². The monoisotopic (exact) mass is 340 g/mol. The molecule has 2 heterocycles.